The Morgan fingerprint density at radius 1 is 1.44 bits per heavy atom. The van der Waals surface area contributed by atoms with Crippen LogP contribution in [0.15, 0.2) is 24.4 Å². The van der Waals surface area contributed by atoms with Gasteiger partial charge in [0.1, 0.15) is 5.82 Å². The normalized spacial score (nSPS) is 10.7. The molecule has 16 heavy (non-hydrogen) atoms. The van der Waals surface area contributed by atoms with E-state index < -0.39 is 0 Å². The first-order chi connectivity index (χ1) is 7.61. The van der Waals surface area contributed by atoms with Gasteiger partial charge in [-0.25, -0.2) is 9.37 Å². The van der Waals surface area contributed by atoms with Crippen molar-refractivity contribution in [1.29, 1.82) is 0 Å². The fourth-order valence-electron chi connectivity index (χ4n) is 1.66. The van der Waals surface area contributed by atoms with Crippen molar-refractivity contribution in [3.63, 3.8) is 0 Å². The molecule has 0 amide bonds. The van der Waals surface area contributed by atoms with E-state index in [1.54, 1.807) is 12.3 Å². The summed E-state index contributed by atoms with van der Waals surface area (Å²) >= 11 is 0. The highest BCUT2D eigenvalue weighted by molar-refractivity contribution is 5.61. The first-order valence-corrected chi connectivity index (χ1v) is 4.91. The van der Waals surface area contributed by atoms with Crippen molar-refractivity contribution in [2.45, 2.75) is 13.5 Å². The van der Waals surface area contributed by atoms with Gasteiger partial charge in [0.2, 0.25) is 0 Å². The average Bonchev–Trinajstić information content (AvgIpc) is 2.57. The minimum Gasteiger partial charge on any atom is -0.338 e. The second-order valence-electron chi connectivity index (χ2n) is 3.62. The summed E-state index contributed by atoms with van der Waals surface area (Å²) in [5.74, 6) is 6.04. The van der Waals surface area contributed by atoms with Gasteiger partial charge in [-0.3, -0.25) is 4.68 Å². The Bertz CT molecular complexity index is 519. The molecule has 1 aromatic carbocycles. The number of benzene rings is 1. The van der Waals surface area contributed by atoms with E-state index in [2.05, 4.69) is 4.98 Å². The summed E-state index contributed by atoms with van der Waals surface area (Å²) in [6.07, 6.45) is 1.71. The van der Waals surface area contributed by atoms with Crippen molar-refractivity contribution < 1.29 is 4.39 Å². The number of rotatable bonds is 2. The summed E-state index contributed by atoms with van der Waals surface area (Å²) in [5.41, 5.74) is 7.83. The minimum atomic E-state index is -0.309. The lowest BCUT2D eigenvalue weighted by molar-refractivity contribution is 0.625. The highest BCUT2D eigenvalue weighted by Gasteiger charge is 2.11. The van der Waals surface area contributed by atoms with Crippen molar-refractivity contribution in [2.75, 3.05) is 5.84 Å². The van der Waals surface area contributed by atoms with Crippen LogP contribution in [0.3, 0.4) is 0 Å². The summed E-state index contributed by atoms with van der Waals surface area (Å²) in [7, 11) is 0. The summed E-state index contributed by atoms with van der Waals surface area (Å²) in [4.78, 5) is 4.28. The summed E-state index contributed by atoms with van der Waals surface area (Å²) < 4.78 is 14.5. The van der Waals surface area contributed by atoms with Crippen LogP contribution in [0.2, 0.25) is 0 Å². The van der Waals surface area contributed by atoms with Gasteiger partial charge < -0.3 is 11.6 Å². The molecule has 0 spiro atoms. The monoisotopic (exact) mass is 220 g/mol. The van der Waals surface area contributed by atoms with Crippen LogP contribution in [0.25, 0.3) is 11.4 Å². The molecule has 0 atom stereocenters. The van der Waals surface area contributed by atoms with Gasteiger partial charge in [0, 0.05) is 18.3 Å². The highest BCUT2D eigenvalue weighted by Crippen LogP contribution is 2.22. The number of imidazole rings is 1. The lowest BCUT2D eigenvalue weighted by atomic mass is 10.1. The van der Waals surface area contributed by atoms with Crippen LogP contribution in [0, 0.1) is 12.7 Å². The Morgan fingerprint density at radius 2 is 2.19 bits per heavy atom. The lowest BCUT2D eigenvalue weighted by Gasteiger charge is -2.07. The zero-order valence-electron chi connectivity index (χ0n) is 8.94. The van der Waals surface area contributed by atoms with Crippen molar-refractivity contribution in [3.8, 4) is 11.4 Å². The van der Waals surface area contributed by atoms with Crippen LogP contribution in [0.5, 0.6) is 0 Å². The number of nitrogens with zero attached hydrogens (tertiary/aromatic N) is 2. The molecule has 0 bridgehead atoms. The summed E-state index contributed by atoms with van der Waals surface area (Å²) in [5, 5.41) is 0. The van der Waals surface area contributed by atoms with Crippen molar-refractivity contribution in [1.82, 2.24) is 9.66 Å². The van der Waals surface area contributed by atoms with E-state index in [-0.39, 0.29) is 12.4 Å². The zero-order valence-corrected chi connectivity index (χ0v) is 8.94. The molecule has 0 radical (unpaired) electrons. The van der Waals surface area contributed by atoms with Gasteiger partial charge in [0.05, 0.1) is 5.69 Å². The number of aryl methyl sites for hydroxylation is 1. The molecule has 1 aromatic heterocycles. The maximum atomic E-state index is 13.0. The van der Waals surface area contributed by atoms with E-state index >= 15 is 0 Å². The molecule has 0 unspecified atom stereocenters. The van der Waals surface area contributed by atoms with E-state index in [1.165, 1.54) is 16.8 Å². The predicted molar refractivity (Wildman–Crippen MR) is 60.4 cm³/mol. The number of nitrogens with two attached hydrogens (primary N) is 2. The van der Waals surface area contributed by atoms with E-state index in [1.807, 2.05) is 6.92 Å². The predicted octanol–water partition coefficient (Wildman–Crippen LogP) is 1.17. The van der Waals surface area contributed by atoms with Gasteiger partial charge in [-0.15, -0.1) is 0 Å². The van der Waals surface area contributed by atoms with Gasteiger partial charge in [0.15, 0.2) is 5.82 Å². The van der Waals surface area contributed by atoms with Gasteiger partial charge in [-0.1, -0.05) is 0 Å². The highest BCUT2D eigenvalue weighted by atomic mass is 19.1. The molecule has 0 aliphatic heterocycles. The van der Waals surface area contributed by atoms with Crippen LogP contribution >= 0.6 is 0 Å². The molecule has 5 heteroatoms. The molecule has 2 rings (SSSR count). The zero-order chi connectivity index (χ0) is 11.7. The second kappa shape index (κ2) is 3.94. The minimum absolute atomic E-state index is 0.249. The largest absolute Gasteiger partial charge is 0.338 e. The Balaban J connectivity index is 2.59. The Kier molecular flexibility index (Phi) is 2.62. The molecular formula is C11H13FN4. The van der Waals surface area contributed by atoms with Gasteiger partial charge >= 0.3 is 0 Å². The molecule has 0 saturated heterocycles. The second-order valence-corrected chi connectivity index (χ2v) is 3.62. The van der Waals surface area contributed by atoms with Crippen molar-refractivity contribution in [2.24, 2.45) is 5.73 Å². The smallest absolute Gasteiger partial charge is 0.158 e. The third kappa shape index (κ3) is 1.77. The quantitative estimate of drug-likeness (QED) is 0.746. The molecule has 84 valence electrons. The first kappa shape index (κ1) is 10.6. The fraction of sp³-hybridized carbons (Fsp3) is 0.182. The van der Waals surface area contributed by atoms with Crippen LogP contribution < -0.4 is 11.6 Å². The van der Waals surface area contributed by atoms with Crippen molar-refractivity contribution >= 4 is 0 Å². The molecule has 0 aliphatic rings. The molecule has 2 aromatic rings. The average molecular weight is 220 g/mol. The number of halogens is 1. The van der Waals surface area contributed by atoms with Gasteiger partial charge in [0.25, 0.3) is 0 Å². The van der Waals surface area contributed by atoms with Gasteiger partial charge in [-0.05, 0) is 30.7 Å². The molecule has 0 saturated carbocycles. The molecule has 0 fully saturated rings. The van der Waals surface area contributed by atoms with E-state index in [4.69, 9.17) is 11.6 Å². The fourth-order valence-corrected chi connectivity index (χ4v) is 1.66. The molecule has 4 N–H and O–H groups in total. The standard InChI is InChI=1S/C11H13FN4/c1-7-6-16(14)11(15-7)10-3-2-9(12)4-8(10)5-13/h2-4,6H,5,13-14H2,1H3. The van der Waals surface area contributed by atoms with E-state index in [9.17, 15) is 4.39 Å². The van der Waals surface area contributed by atoms with E-state index in [0.29, 0.717) is 11.4 Å². The Hall–Kier alpha value is -1.88. The third-order valence-corrected chi connectivity index (χ3v) is 2.38. The van der Waals surface area contributed by atoms with Crippen LogP contribution in [-0.4, -0.2) is 9.66 Å². The Morgan fingerprint density at radius 3 is 2.75 bits per heavy atom. The maximum Gasteiger partial charge on any atom is 0.158 e. The summed E-state index contributed by atoms with van der Waals surface area (Å²) in [6, 6.07) is 4.42. The number of nitrogen functional groups attached to an aromatic ring is 1. The van der Waals surface area contributed by atoms with E-state index in [0.717, 1.165) is 11.3 Å². The van der Waals surface area contributed by atoms with Crippen LogP contribution in [0.1, 0.15) is 11.3 Å². The van der Waals surface area contributed by atoms with Crippen LogP contribution in [-0.2, 0) is 6.54 Å². The molecule has 0 aliphatic carbocycles. The van der Waals surface area contributed by atoms with Gasteiger partial charge in [-0.2, -0.15) is 0 Å². The lowest BCUT2D eigenvalue weighted by Crippen LogP contribution is -2.10. The molecule has 4 nitrogen and oxygen atoms in total. The number of aromatic nitrogens is 2. The SMILES string of the molecule is Cc1cn(N)c(-c2ccc(F)cc2CN)n1. The van der Waals surface area contributed by atoms with Crippen LogP contribution in [0.4, 0.5) is 4.39 Å². The Labute approximate surface area is 92.7 Å². The summed E-state index contributed by atoms with van der Waals surface area (Å²) in [6.45, 7) is 2.09. The topological polar surface area (TPSA) is 69.9 Å². The number of hydrogen-bond donors (Lipinski definition) is 2. The first-order valence-electron chi connectivity index (χ1n) is 4.91. The number of hydrogen-bond acceptors (Lipinski definition) is 3. The third-order valence-electron chi connectivity index (χ3n) is 2.38. The van der Waals surface area contributed by atoms with Crippen molar-refractivity contribution in [3.05, 3.63) is 41.5 Å². The molecular weight excluding hydrogens is 207 g/mol. The molecule has 1 heterocycles. The maximum absolute atomic E-state index is 13.0.